The highest BCUT2D eigenvalue weighted by Crippen LogP contribution is 2.37. The number of rotatable bonds is 2. The Labute approximate surface area is 115 Å². The van der Waals surface area contributed by atoms with Gasteiger partial charge >= 0.3 is 0 Å². The molecule has 1 N–H and O–H groups in total. The van der Waals surface area contributed by atoms with Gasteiger partial charge in [0.15, 0.2) is 0 Å². The van der Waals surface area contributed by atoms with Gasteiger partial charge in [0.05, 0.1) is 0 Å². The van der Waals surface area contributed by atoms with E-state index in [0.717, 1.165) is 26.1 Å². The van der Waals surface area contributed by atoms with Gasteiger partial charge in [-0.1, -0.05) is 30.3 Å². The Bertz CT molecular complexity index is 718. The van der Waals surface area contributed by atoms with Crippen LogP contribution in [0.1, 0.15) is 22.1 Å². The van der Waals surface area contributed by atoms with E-state index in [1.807, 2.05) is 37.3 Å². The molecular formula is C16H13FOS. The van der Waals surface area contributed by atoms with E-state index in [0.29, 0.717) is 0 Å². The number of hydrogen-bond donors (Lipinski definition) is 1. The number of aliphatic hydroxyl groups excluding tert-OH is 1. The molecule has 0 saturated carbocycles. The molecule has 96 valence electrons. The normalized spacial score (nSPS) is 12.8. The van der Waals surface area contributed by atoms with Crippen LogP contribution in [0.2, 0.25) is 0 Å². The van der Waals surface area contributed by atoms with Gasteiger partial charge in [-0.25, -0.2) is 4.39 Å². The first-order valence-electron chi connectivity index (χ1n) is 6.08. The van der Waals surface area contributed by atoms with E-state index in [9.17, 15) is 9.50 Å². The molecule has 0 amide bonds. The van der Waals surface area contributed by atoms with E-state index in [1.54, 1.807) is 6.07 Å². The highest BCUT2D eigenvalue weighted by Gasteiger charge is 2.17. The minimum Gasteiger partial charge on any atom is -0.383 e. The Morgan fingerprint density at radius 2 is 1.84 bits per heavy atom. The van der Waals surface area contributed by atoms with Crippen molar-refractivity contribution in [3.05, 3.63) is 70.4 Å². The van der Waals surface area contributed by atoms with Crippen LogP contribution < -0.4 is 0 Å². The summed E-state index contributed by atoms with van der Waals surface area (Å²) in [7, 11) is 0. The lowest BCUT2D eigenvalue weighted by Crippen LogP contribution is -1.98. The van der Waals surface area contributed by atoms with Crippen LogP contribution in [0, 0.1) is 12.7 Å². The number of aliphatic hydroxyl groups is 1. The fourth-order valence-electron chi connectivity index (χ4n) is 2.26. The molecule has 0 aliphatic rings. The molecule has 0 radical (unpaired) electrons. The largest absolute Gasteiger partial charge is 0.383 e. The lowest BCUT2D eigenvalue weighted by molar-refractivity contribution is 0.223. The Morgan fingerprint density at radius 1 is 1.11 bits per heavy atom. The lowest BCUT2D eigenvalue weighted by Gasteiger charge is -2.10. The molecule has 0 bridgehead atoms. The molecule has 1 atom stereocenters. The molecule has 0 spiro atoms. The number of hydrogen-bond acceptors (Lipinski definition) is 2. The molecule has 1 aromatic heterocycles. The third-order valence-electron chi connectivity index (χ3n) is 3.30. The molecule has 0 fully saturated rings. The molecule has 3 rings (SSSR count). The summed E-state index contributed by atoms with van der Waals surface area (Å²) < 4.78 is 14.3. The monoisotopic (exact) mass is 272 g/mol. The van der Waals surface area contributed by atoms with Crippen molar-refractivity contribution in [3.8, 4) is 0 Å². The Hall–Kier alpha value is -1.71. The molecular weight excluding hydrogens is 259 g/mol. The Balaban J connectivity index is 2.13. The maximum atomic E-state index is 13.3. The summed E-state index contributed by atoms with van der Waals surface area (Å²) in [6.45, 7) is 1.93. The van der Waals surface area contributed by atoms with Crippen LogP contribution in [0.25, 0.3) is 10.1 Å². The summed E-state index contributed by atoms with van der Waals surface area (Å²) in [5.41, 5.74) is 1.81. The zero-order valence-corrected chi connectivity index (χ0v) is 11.2. The van der Waals surface area contributed by atoms with Gasteiger partial charge in [-0.3, -0.25) is 0 Å². The smallest absolute Gasteiger partial charge is 0.123 e. The minimum absolute atomic E-state index is 0.242. The predicted octanol–water partition coefficient (Wildman–Crippen LogP) is 4.43. The average molecular weight is 272 g/mol. The topological polar surface area (TPSA) is 20.2 Å². The molecule has 1 nitrogen and oxygen atoms in total. The van der Waals surface area contributed by atoms with Crippen molar-refractivity contribution >= 4 is 21.4 Å². The van der Waals surface area contributed by atoms with Crippen molar-refractivity contribution in [2.75, 3.05) is 0 Å². The van der Waals surface area contributed by atoms with Crippen molar-refractivity contribution in [1.82, 2.24) is 0 Å². The Kier molecular flexibility index (Phi) is 3.09. The predicted molar refractivity (Wildman–Crippen MR) is 77.0 cm³/mol. The average Bonchev–Trinajstić information content (AvgIpc) is 2.76. The van der Waals surface area contributed by atoms with Gasteiger partial charge in [-0.15, -0.1) is 11.3 Å². The van der Waals surface area contributed by atoms with Gasteiger partial charge in [0, 0.05) is 9.58 Å². The minimum atomic E-state index is -0.651. The quantitative estimate of drug-likeness (QED) is 0.731. The number of fused-ring (bicyclic) bond motifs is 1. The van der Waals surface area contributed by atoms with Crippen molar-refractivity contribution in [2.45, 2.75) is 13.0 Å². The van der Waals surface area contributed by atoms with E-state index in [4.69, 9.17) is 0 Å². The number of benzene rings is 2. The summed E-state index contributed by atoms with van der Waals surface area (Å²) >= 11 is 1.52. The second-order valence-electron chi connectivity index (χ2n) is 4.55. The van der Waals surface area contributed by atoms with Crippen LogP contribution in [0.3, 0.4) is 0 Å². The van der Waals surface area contributed by atoms with Gasteiger partial charge in [0.1, 0.15) is 11.9 Å². The summed E-state index contributed by atoms with van der Waals surface area (Å²) in [5.74, 6) is -0.242. The molecule has 3 heteroatoms. The third-order valence-corrected chi connectivity index (χ3v) is 4.62. The van der Waals surface area contributed by atoms with Gasteiger partial charge in [0.25, 0.3) is 0 Å². The van der Waals surface area contributed by atoms with Crippen molar-refractivity contribution in [1.29, 1.82) is 0 Å². The van der Waals surface area contributed by atoms with Crippen LogP contribution in [0.4, 0.5) is 4.39 Å². The maximum absolute atomic E-state index is 13.3. The number of thiophene rings is 1. The highest BCUT2D eigenvalue weighted by molar-refractivity contribution is 7.19. The van der Waals surface area contributed by atoms with E-state index in [1.165, 1.54) is 23.5 Å². The fourth-order valence-corrected chi connectivity index (χ4v) is 3.47. The summed E-state index contributed by atoms with van der Waals surface area (Å²) in [4.78, 5) is 0.881. The Morgan fingerprint density at radius 3 is 2.58 bits per heavy atom. The SMILES string of the molecule is Cc1c(C(O)c2ccccc2)sc2ccc(F)cc12. The second kappa shape index (κ2) is 4.76. The van der Waals surface area contributed by atoms with Gasteiger partial charge < -0.3 is 5.11 Å². The van der Waals surface area contributed by atoms with Gasteiger partial charge in [-0.05, 0) is 41.6 Å². The first-order valence-corrected chi connectivity index (χ1v) is 6.90. The molecule has 0 aliphatic heterocycles. The van der Waals surface area contributed by atoms with Crippen molar-refractivity contribution in [2.24, 2.45) is 0 Å². The third kappa shape index (κ3) is 2.15. The number of halogens is 1. The van der Waals surface area contributed by atoms with Crippen LogP contribution in [0.5, 0.6) is 0 Å². The molecule has 1 unspecified atom stereocenters. The van der Waals surface area contributed by atoms with Crippen LogP contribution in [-0.2, 0) is 0 Å². The summed E-state index contributed by atoms with van der Waals surface area (Å²) in [5, 5.41) is 11.3. The highest BCUT2D eigenvalue weighted by atomic mass is 32.1. The molecule has 19 heavy (non-hydrogen) atoms. The molecule has 1 heterocycles. The standard InChI is InChI=1S/C16H13FOS/c1-10-13-9-12(17)7-8-14(13)19-16(10)15(18)11-5-3-2-4-6-11/h2-9,15,18H,1H3. The van der Waals surface area contributed by atoms with Crippen LogP contribution >= 0.6 is 11.3 Å². The molecule has 0 aliphatic carbocycles. The van der Waals surface area contributed by atoms with E-state index in [2.05, 4.69) is 0 Å². The molecule has 0 saturated heterocycles. The van der Waals surface area contributed by atoms with Gasteiger partial charge in [-0.2, -0.15) is 0 Å². The maximum Gasteiger partial charge on any atom is 0.123 e. The molecule has 3 aromatic rings. The van der Waals surface area contributed by atoms with E-state index >= 15 is 0 Å². The van der Waals surface area contributed by atoms with Crippen molar-refractivity contribution in [3.63, 3.8) is 0 Å². The van der Waals surface area contributed by atoms with E-state index < -0.39 is 6.10 Å². The fraction of sp³-hybridized carbons (Fsp3) is 0.125. The first-order chi connectivity index (χ1) is 9.16. The second-order valence-corrected chi connectivity index (χ2v) is 5.63. The van der Waals surface area contributed by atoms with Crippen LogP contribution in [0.15, 0.2) is 48.5 Å². The number of aryl methyl sites for hydroxylation is 1. The lowest BCUT2D eigenvalue weighted by atomic mass is 10.0. The molecule has 2 aromatic carbocycles. The zero-order valence-electron chi connectivity index (χ0n) is 10.4. The van der Waals surface area contributed by atoms with Crippen LogP contribution in [-0.4, -0.2) is 5.11 Å². The summed E-state index contributed by atoms with van der Waals surface area (Å²) in [6.07, 6.45) is -0.651. The van der Waals surface area contributed by atoms with Gasteiger partial charge in [0.2, 0.25) is 0 Å². The zero-order chi connectivity index (χ0) is 13.4. The van der Waals surface area contributed by atoms with E-state index in [-0.39, 0.29) is 5.82 Å². The first kappa shape index (κ1) is 12.3. The van der Waals surface area contributed by atoms with Crippen molar-refractivity contribution < 1.29 is 9.50 Å². The summed E-state index contributed by atoms with van der Waals surface area (Å²) in [6, 6.07) is 14.3.